The van der Waals surface area contributed by atoms with Crippen LogP contribution in [0, 0.1) is 16.2 Å². The number of unbranched alkanes of at least 4 members (excludes halogenated alkanes) is 34. The first-order valence-corrected chi connectivity index (χ1v) is 41.2. The highest BCUT2D eigenvalue weighted by Gasteiger charge is 2.28. The third-order valence-electron chi connectivity index (χ3n) is 18.6. The molecule has 0 amide bonds. The van der Waals surface area contributed by atoms with E-state index in [1.54, 1.807) is 6.92 Å². The van der Waals surface area contributed by atoms with Crippen LogP contribution in [0.5, 0.6) is 0 Å². The molecule has 0 aromatic heterocycles. The van der Waals surface area contributed by atoms with E-state index in [2.05, 4.69) is 96.7 Å². The number of hydrogen-bond donors (Lipinski definition) is 0. The lowest BCUT2D eigenvalue weighted by Gasteiger charge is -2.21. The van der Waals surface area contributed by atoms with Gasteiger partial charge in [0.2, 0.25) is 0 Å². The average molecular weight is 1550 g/mol. The second-order valence-electron chi connectivity index (χ2n) is 29.0. The Hall–Kier alpha value is -2.30. The lowest BCUT2D eigenvalue weighted by Crippen LogP contribution is -3.00. The number of alkyl halides is 2. The molecule has 0 aromatic rings. The minimum absolute atomic E-state index is 0. The van der Waals surface area contributed by atoms with Crippen molar-refractivity contribution in [2.75, 3.05) is 76.6 Å². The van der Waals surface area contributed by atoms with Crippen molar-refractivity contribution in [2.24, 2.45) is 16.2 Å². The summed E-state index contributed by atoms with van der Waals surface area (Å²) in [5, 5.41) is 2.27. The molecule has 0 unspecified atom stereocenters. The van der Waals surface area contributed by atoms with Crippen LogP contribution in [0.25, 0.3) is 0 Å². The zero-order chi connectivity index (χ0) is 70.2. The van der Waals surface area contributed by atoms with Gasteiger partial charge in [0, 0.05) is 67.2 Å². The van der Waals surface area contributed by atoms with Crippen LogP contribution in [0.2, 0.25) is 0 Å². The lowest BCUT2D eigenvalue weighted by molar-refractivity contribution is -0.155. The normalized spacial score (nSPS) is 12.6. The van der Waals surface area contributed by atoms with E-state index in [9.17, 15) is 19.2 Å². The van der Waals surface area contributed by atoms with Crippen LogP contribution in [-0.2, 0) is 38.1 Å². The molecule has 2 aliphatic heterocycles. The highest BCUT2D eigenvalue weighted by Crippen LogP contribution is 2.25. The van der Waals surface area contributed by atoms with Gasteiger partial charge in [0.25, 0.3) is 0 Å². The quantitative estimate of drug-likeness (QED) is 0.0187. The van der Waals surface area contributed by atoms with E-state index in [1.807, 2.05) is 62.3 Å². The molecule has 13 nitrogen and oxygen atoms in total. The summed E-state index contributed by atoms with van der Waals surface area (Å²) >= 11 is 6.90. The molecule has 96 heavy (non-hydrogen) atoms. The van der Waals surface area contributed by atoms with Crippen molar-refractivity contribution in [3.05, 3.63) is 37.0 Å². The number of halogens is 3. The summed E-state index contributed by atoms with van der Waals surface area (Å²) in [6, 6.07) is 0. The summed E-state index contributed by atoms with van der Waals surface area (Å²) in [6.45, 7) is 36.8. The number of rotatable bonds is 59. The average Bonchev–Trinajstić information content (AvgIpc) is 2.91. The predicted octanol–water partition coefficient (Wildman–Crippen LogP) is 20.4. The van der Waals surface area contributed by atoms with E-state index < -0.39 is 0 Å². The molecule has 0 saturated heterocycles. The molecule has 2 heterocycles. The molecule has 0 aromatic carbocycles. The van der Waals surface area contributed by atoms with Crippen molar-refractivity contribution in [3.8, 4) is 0 Å². The zero-order valence-corrected chi connectivity index (χ0v) is 69.3. The van der Waals surface area contributed by atoms with Gasteiger partial charge in [0.05, 0.1) is 56.0 Å². The van der Waals surface area contributed by atoms with Gasteiger partial charge >= 0.3 is 23.9 Å². The molecule has 1 N–H and O–H groups in total. The van der Waals surface area contributed by atoms with Gasteiger partial charge in [-0.05, 0) is 132 Å². The number of ether oxygens (including phenoxy) is 4. The maximum absolute atomic E-state index is 11.9. The molecule has 0 bridgehead atoms. The van der Waals surface area contributed by atoms with Crippen LogP contribution in [-0.4, -0.2) is 126 Å². The van der Waals surface area contributed by atoms with Crippen LogP contribution in [0.4, 0.5) is 0 Å². The summed E-state index contributed by atoms with van der Waals surface area (Å²) < 4.78 is 21.1. The van der Waals surface area contributed by atoms with Gasteiger partial charge in [-0.25, -0.2) is 4.79 Å². The van der Waals surface area contributed by atoms with Crippen LogP contribution < -0.4 is 17.0 Å². The second-order valence-corrected chi connectivity index (χ2v) is 30.6. The highest BCUT2D eigenvalue weighted by molar-refractivity contribution is 9.09. The second kappa shape index (κ2) is 69.8. The van der Waals surface area contributed by atoms with Crippen molar-refractivity contribution < 1.29 is 60.6 Å². The Balaban J connectivity index is -0.000000594. The summed E-state index contributed by atoms with van der Waals surface area (Å²) in [6.07, 6.45) is 62.6. The third-order valence-corrected chi connectivity index (χ3v) is 19.7. The van der Waals surface area contributed by atoms with Gasteiger partial charge in [-0.2, -0.15) is 0 Å². The summed E-state index contributed by atoms with van der Waals surface area (Å²) in [5.41, 5.74) is -0.507. The minimum Gasteiger partial charge on any atom is -1.00 e. The molecule has 0 atom stereocenters. The van der Waals surface area contributed by atoms with E-state index in [0.717, 1.165) is 75.4 Å². The summed E-state index contributed by atoms with van der Waals surface area (Å²) in [4.78, 5) is 56.3. The fourth-order valence-corrected chi connectivity index (χ4v) is 11.1. The molecule has 0 radical (unpaired) electrons. The maximum atomic E-state index is 11.9. The Kier molecular flexibility index (Phi) is 72.7. The Bertz CT molecular complexity index is 1770. The van der Waals surface area contributed by atoms with E-state index in [0.29, 0.717) is 32.0 Å². The predicted molar refractivity (Wildman–Crippen MR) is 411 cm³/mol. The third kappa shape index (κ3) is 61.6. The standard InChI is InChI=1S/2C24H46N2O2.C17H33BrO2.C15H27BrO2.BrH.H2O/c2*1-5-7-17-25-19-20-26(22-25)18-15-13-11-9-8-10-12-14-16-21-28-23(27)24(3,4)6-2;1-4-17(2,3)16(19)20-15-13-11-9-7-5-6-8-10-12-14-18;1-14(2)15(17)18-13-11-9-7-5-3-4-6-8-10-12-16;;/h2*19-20H,5-18,21-22H2,1-4H3;4-15H2,1-3H3;1,3-13H2,2H3;1H;1H2/p-2. The van der Waals surface area contributed by atoms with E-state index in [1.165, 1.54) is 251 Å². The van der Waals surface area contributed by atoms with E-state index >= 15 is 0 Å². The van der Waals surface area contributed by atoms with Crippen molar-refractivity contribution in [1.29, 1.82) is 0 Å². The highest BCUT2D eigenvalue weighted by atomic mass is 79.9. The molecular formula is C80H153Br3N4O9-2. The van der Waals surface area contributed by atoms with Gasteiger partial charge in [-0.3, -0.25) is 14.4 Å². The topological polar surface area (TPSA) is 148 Å². The zero-order valence-electron chi connectivity index (χ0n) is 64.5. The van der Waals surface area contributed by atoms with Gasteiger partial charge < -0.3 is 61.0 Å². The minimum atomic E-state index is -0.334. The maximum Gasteiger partial charge on any atom is 0.333 e. The number of hydrogen-bond acceptors (Lipinski definition) is 13. The van der Waals surface area contributed by atoms with Crippen molar-refractivity contribution in [2.45, 2.75) is 359 Å². The molecule has 570 valence electrons. The van der Waals surface area contributed by atoms with E-state index in [4.69, 9.17) is 18.9 Å². The molecule has 0 spiro atoms. The SMILES string of the molecule is C=C(C)C(=O)OCCCCCCCCCCCBr.CCC(C)(C)C(=O)OCCCCCCCCCCCBr.CCCCN1C=CN(CCCCCCCCCCCOC(=O)C(C)(C)CC)C1.CCCCN1C=CN(CCCCCCCCCCCOC(=O)C(C)(C)CC)C1.[Br-].[OH-]. The van der Waals surface area contributed by atoms with Crippen LogP contribution in [0.1, 0.15) is 359 Å². The Morgan fingerprint density at radius 3 is 0.750 bits per heavy atom. The fraction of sp³-hybridized carbons (Fsp3) is 0.875. The van der Waals surface area contributed by atoms with Crippen LogP contribution >= 0.6 is 31.9 Å². The Morgan fingerprint density at radius 1 is 0.344 bits per heavy atom. The molecular weight excluding hydrogens is 1400 g/mol. The summed E-state index contributed by atoms with van der Waals surface area (Å²) in [7, 11) is 0. The molecule has 2 rings (SSSR count). The Morgan fingerprint density at radius 2 is 0.542 bits per heavy atom. The van der Waals surface area contributed by atoms with Crippen LogP contribution in [0.3, 0.4) is 0 Å². The van der Waals surface area contributed by atoms with Gasteiger partial charge in [0.15, 0.2) is 0 Å². The number of nitrogens with zero attached hydrogens (tertiary/aromatic N) is 4. The van der Waals surface area contributed by atoms with Crippen molar-refractivity contribution in [3.63, 3.8) is 0 Å². The number of carbonyl (C=O) groups is 4. The first kappa shape index (κ1) is 100. The van der Waals surface area contributed by atoms with Gasteiger partial charge in [-0.1, -0.05) is 266 Å². The van der Waals surface area contributed by atoms with Gasteiger partial charge in [0.1, 0.15) is 0 Å². The van der Waals surface area contributed by atoms with Crippen molar-refractivity contribution >= 4 is 55.7 Å². The number of esters is 4. The molecule has 0 aliphatic carbocycles. The first-order valence-electron chi connectivity index (χ1n) is 39.0. The molecule has 2 aliphatic rings. The first-order chi connectivity index (χ1) is 45.2. The molecule has 0 fully saturated rings. The Labute approximate surface area is 620 Å². The lowest BCUT2D eigenvalue weighted by atomic mass is 9.91. The van der Waals surface area contributed by atoms with E-state index in [-0.39, 0.29) is 62.6 Å². The fourth-order valence-electron chi connectivity index (χ4n) is 10.3. The largest absolute Gasteiger partial charge is 1.00 e. The summed E-state index contributed by atoms with van der Waals surface area (Å²) in [5.74, 6) is -0.408. The monoisotopic (exact) mass is 1550 g/mol. The molecule has 0 saturated carbocycles. The van der Waals surface area contributed by atoms with Crippen LogP contribution in [0.15, 0.2) is 37.0 Å². The smallest absolute Gasteiger partial charge is 0.333 e. The molecule has 16 heteroatoms. The van der Waals surface area contributed by atoms with Gasteiger partial charge in [-0.15, -0.1) is 0 Å². The van der Waals surface area contributed by atoms with Crippen molar-refractivity contribution in [1.82, 2.24) is 19.6 Å². The number of carbonyl (C=O) groups excluding carboxylic acids is 4.